The van der Waals surface area contributed by atoms with Gasteiger partial charge in [0.2, 0.25) is 0 Å². The lowest BCUT2D eigenvalue weighted by Gasteiger charge is -2.21. The second kappa shape index (κ2) is 7.58. The second-order valence-corrected chi connectivity index (χ2v) is 4.89. The van der Waals surface area contributed by atoms with Crippen molar-refractivity contribution in [1.29, 1.82) is 0 Å². The summed E-state index contributed by atoms with van der Waals surface area (Å²) >= 11 is 0. The van der Waals surface area contributed by atoms with Gasteiger partial charge in [-0.3, -0.25) is 0 Å². The number of halogens is 1. The van der Waals surface area contributed by atoms with Crippen molar-refractivity contribution in [1.82, 2.24) is 5.32 Å². The fraction of sp³-hybridized carbons (Fsp3) is 0.600. The first-order valence-electron chi connectivity index (χ1n) is 6.99. The van der Waals surface area contributed by atoms with Gasteiger partial charge in [0.25, 0.3) is 0 Å². The van der Waals surface area contributed by atoms with Crippen LogP contribution in [-0.2, 0) is 15.9 Å². The maximum atomic E-state index is 12.9. The van der Waals surface area contributed by atoms with Crippen molar-refractivity contribution < 1.29 is 13.9 Å². The third-order valence-corrected chi connectivity index (χ3v) is 3.25. The monoisotopic (exact) mass is 267 g/mol. The highest BCUT2D eigenvalue weighted by atomic mass is 19.1. The Labute approximate surface area is 114 Å². The minimum absolute atomic E-state index is 0.102. The van der Waals surface area contributed by atoms with E-state index < -0.39 is 0 Å². The van der Waals surface area contributed by atoms with Crippen molar-refractivity contribution in [3.8, 4) is 0 Å². The van der Waals surface area contributed by atoms with E-state index in [0.717, 1.165) is 31.4 Å². The van der Waals surface area contributed by atoms with Crippen molar-refractivity contribution in [2.45, 2.75) is 38.5 Å². The summed E-state index contributed by atoms with van der Waals surface area (Å²) in [6.07, 6.45) is 2.68. The van der Waals surface area contributed by atoms with Crippen LogP contribution >= 0.6 is 0 Å². The van der Waals surface area contributed by atoms with Gasteiger partial charge < -0.3 is 14.8 Å². The highest BCUT2D eigenvalue weighted by Crippen LogP contribution is 2.14. The SMILES string of the molecule is CCCNC(Cc1ccc(F)cc1)CC1OCCO1. The first-order valence-corrected chi connectivity index (χ1v) is 6.99. The van der Waals surface area contributed by atoms with E-state index in [-0.39, 0.29) is 12.1 Å². The smallest absolute Gasteiger partial charge is 0.159 e. The van der Waals surface area contributed by atoms with Crippen LogP contribution in [0.1, 0.15) is 25.3 Å². The molecule has 1 aromatic rings. The second-order valence-electron chi connectivity index (χ2n) is 4.89. The summed E-state index contributed by atoms with van der Waals surface area (Å²) in [6.45, 7) is 4.48. The van der Waals surface area contributed by atoms with Crippen molar-refractivity contribution in [3.05, 3.63) is 35.6 Å². The van der Waals surface area contributed by atoms with E-state index in [4.69, 9.17) is 9.47 Å². The Hall–Kier alpha value is -0.970. The molecule has 1 unspecified atom stereocenters. The van der Waals surface area contributed by atoms with Gasteiger partial charge >= 0.3 is 0 Å². The van der Waals surface area contributed by atoms with Crippen LogP contribution in [0.25, 0.3) is 0 Å². The standard InChI is InChI=1S/C15H22FNO2/c1-2-7-17-14(11-15-18-8-9-19-15)10-12-3-5-13(16)6-4-12/h3-6,14-15,17H,2,7-11H2,1H3. The topological polar surface area (TPSA) is 30.5 Å². The Morgan fingerprint density at radius 1 is 1.26 bits per heavy atom. The van der Waals surface area contributed by atoms with Gasteiger partial charge in [-0.25, -0.2) is 4.39 Å². The average Bonchev–Trinajstić information content (AvgIpc) is 2.91. The Balaban J connectivity index is 1.89. The third kappa shape index (κ3) is 4.90. The normalized spacial score (nSPS) is 17.8. The average molecular weight is 267 g/mol. The number of rotatable bonds is 7. The molecule has 0 aliphatic carbocycles. The summed E-state index contributed by atoms with van der Waals surface area (Å²) in [6, 6.07) is 7.00. The van der Waals surface area contributed by atoms with Crippen molar-refractivity contribution >= 4 is 0 Å². The van der Waals surface area contributed by atoms with Crippen LogP contribution in [0.3, 0.4) is 0 Å². The minimum atomic E-state index is -0.190. The maximum absolute atomic E-state index is 12.9. The Bertz CT molecular complexity index is 363. The number of ether oxygens (including phenoxy) is 2. The van der Waals surface area contributed by atoms with Crippen LogP contribution in [0.5, 0.6) is 0 Å². The lowest BCUT2D eigenvalue weighted by Crippen LogP contribution is -2.35. The summed E-state index contributed by atoms with van der Waals surface area (Å²) in [4.78, 5) is 0. The molecule has 1 aromatic carbocycles. The maximum Gasteiger partial charge on any atom is 0.159 e. The number of hydrogen-bond donors (Lipinski definition) is 1. The van der Waals surface area contributed by atoms with Crippen molar-refractivity contribution in [3.63, 3.8) is 0 Å². The molecule has 0 aromatic heterocycles. The molecule has 0 amide bonds. The Morgan fingerprint density at radius 2 is 1.95 bits per heavy atom. The molecular weight excluding hydrogens is 245 g/mol. The molecule has 19 heavy (non-hydrogen) atoms. The van der Waals surface area contributed by atoms with Gasteiger partial charge in [-0.2, -0.15) is 0 Å². The molecule has 1 atom stereocenters. The van der Waals surface area contributed by atoms with E-state index in [9.17, 15) is 4.39 Å². The van der Waals surface area contributed by atoms with Crippen LogP contribution in [-0.4, -0.2) is 32.1 Å². The van der Waals surface area contributed by atoms with Crippen molar-refractivity contribution in [2.75, 3.05) is 19.8 Å². The first-order chi connectivity index (χ1) is 9.28. The Morgan fingerprint density at radius 3 is 2.58 bits per heavy atom. The molecule has 3 nitrogen and oxygen atoms in total. The summed E-state index contributed by atoms with van der Waals surface area (Å²) in [5.74, 6) is -0.190. The quantitative estimate of drug-likeness (QED) is 0.823. The molecule has 1 aliphatic heterocycles. The lowest BCUT2D eigenvalue weighted by molar-refractivity contribution is -0.0526. The number of hydrogen-bond acceptors (Lipinski definition) is 3. The van der Waals surface area contributed by atoms with E-state index in [2.05, 4.69) is 12.2 Å². The van der Waals surface area contributed by atoms with Gasteiger partial charge in [0.15, 0.2) is 6.29 Å². The number of nitrogens with one attached hydrogen (secondary N) is 1. The van der Waals surface area contributed by atoms with Crippen LogP contribution in [0.15, 0.2) is 24.3 Å². The molecule has 1 fully saturated rings. The molecule has 106 valence electrons. The molecular formula is C15H22FNO2. The van der Waals surface area contributed by atoms with Crippen LogP contribution in [0.2, 0.25) is 0 Å². The van der Waals surface area contributed by atoms with Gasteiger partial charge in [-0.1, -0.05) is 19.1 Å². The molecule has 1 aliphatic rings. The van der Waals surface area contributed by atoms with E-state index in [1.165, 1.54) is 12.1 Å². The highest BCUT2D eigenvalue weighted by molar-refractivity contribution is 5.17. The predicted molar refractivity (Wildman–Crippen MR) is 72.5 cm³/mol. The zero-order valence-corrected chi connectivity index (χ0v) is 11.4. The fourth-order valence-corrected chi connectivity index (χ4v) is 2.27. The molecule has 0 spiro atoms. The van der Waals surface area contributed by atoms with E-state index in [1.807, 2.05) is 12.1 Å². The minimum Gasteiger partial charge on any atom is -0.350 e. The predicted octanol–water partition coefficient (Wildman–Crippen LogP) is 2.50. The molecule has 1 N–H and O–H groups in total. The van der Waals surface area contributed by atoms with Gasteiger partial charge in [-0.05, 0) is 37.1 Å². The Kier molecular flexibility index (Phi) is 5.76. The number of benzene rings is 1. The van der Waals surface area contributed by atoms with E-state index >= 15 is 0 Å². The van der Waals surface area contributed by atoms with Crippen molar-refractivity contribution in [2.24, 2.45) is 0 Å². The summed E-state index contributed by atoms with van der Waals surface area (Å²) in [7, 11) is 0. The molecule has 4 heteroatoms. The molecule has 0 bridgehead atoms. The summed E-state index contributed by atoms with van der Waals surface area (Å²) < 4.78 is 23.9. The molecule has 1 heterocycles. The summed E-state index contributed by atoms with van der Waals surface area (Å²) in [5, 5.41) is 3.51. The van der Waals surface area contributed by atoms with Gasteiger partial charge in [0, 0.05) is 12.5 Å². The lowest BCUT2D eigenvalue weighted by atomic mass is 10.0. The fourth-order valence-electron chi connectivity index (χ4n) is 2.27. The zero-order chi connectivity index (χ0) is 13.5. The molecule has 0 saturated carbocycles. The van der Waals surface area contributed by atoms with Crippen LogP contribution in [0, 0.1) is 5.82 Å². The molecule has 0 radical (unpaired) electrons. The van der Waals surface area contributed by atoms with Gasteiger partial charge in [-0.15, -0.1) is 0 Å². The molecule has 1 saturated heterocycles. The first kappa shape index (κ1) is 14.4. The van der Waals surface area contributed by atoms with Crippen LogP contribution < -0.4 is 5.32 Å². The molecule has 2 rings (SSSR count). The third-order valence-electron chi connectivity index (χ3n) is 3.25. The van der Waals surface area contributed by atoms with E-state index in [1.54, 1.807) is 0 Å². The van der Waals surface area contributed by atoms with Gasteiger partial charge in [0.05, 0.1) is 13.2 Å². The highest BCUT2D eigenvalue weighted by Gasteiger charge is 2.21. The van der Waals surface area contributed by atoms with E-state index in [0.29, 0.717) is 19.3 Å². The summed E-state index contributed by atoms with van der Waals surface area (Å²) in [5.41, 5.74) is 1.13. The van der Waals surface area contributed by atoms with Gasteiger partial charge in [0.1, 0.15) is 5.82 Å². The zero-order valence-electron chi connectivity index (χ0n) is 11.4. The largest absolute Gasteiger partial charge is 0.350 e. The van der Waals surface area contributed by atoms with Crippen LogP contribution in [0.4, 0.5) is 4.39 Å².